The first-order valence-electron chi connectivity index (χ1n) is 6.23. The highest BCUT2D eigenvalue weighted by atomic mass is 19.1. The van der Waals surface area contributed by atoms with Gasteiger partial charge in [0, 0.05) is 12.6 Å². The predicted molar refractivity (Wildman–Crippen MR) is 76.2 cm³/mol. The number of rotatable bonds is 4. The van der Waals surface area contributed by atoms with Crippen molar-refractivity contribution in [1.29, 1.82) is 0 Å². The lowest BCUT2D eigenvalue weighted by Crippen LogP contribution is -2.02. The number of methoxy groups -OCH3 is 1. The Morgan fingerprint density at radius 1 is 1.05 bits per heavy atom. The maximum Gasteiger partial charge on any atom is 0.146 e. The molecule has 0 heterocycles. The molecule has 2 rings (SSSR count). The SMILES string of the molecule is COc1ccc(F)c(NCc2ccc(C)c(C)c2)c1. The average Bonchev–Trinajstić information content (AvgIpc) is 2.41. The van der Waals surface area contributed by atoms with Crippen LogP contribution in [0.15, 0.2) is 36.4 Å². The lowest BCUT2D eigenvalue weighted by Gasteiger charge is -2.10. The van der Waals surface area contributed by atoms with Gasteiger partial charge in [0.2, 0.25) is 0 Å². The molecule has 19 heavy (non-hydrogen) atoms. The van der Waals surface area contributed by atoms with Gasteiger partial charge in [0.05, 0.1) is 12.8 Å². The number of aryl methyl sites for hydroxylation is 2. The molecular weight excluding hydrogens is 241 g/mol. The third-order valence-electron chi connectivity index (χ3n) is 3.23. The summed E-state index contributed by atoms with van der Waals surface area (Å²) in [6, 6.07) is 10.9. The Hall–Kier alpha value is -2.03. The highest BCUT2D eigenvalue weighted by molar-refractivity contribution is 5.50. The van der Waals surface area contributed by atoms with Crippen molar-refractivity contribution in [3.8, 4) is 5.75 Å². The van der Waals surface area contributed by atoms with E-state index < -0.39 is 0 Å². The fourth-order valence-corrected chi connectivity index (χ4v) is 1.88. The van der Waals surface area contributed by atoms with E-state index >= 15 is 0 Å². The lowest BCUT2D eigenvalue weighted by atomic mass is 10.1. The van der Waals surface area contributed by atoms with Gasteiger partial charge in [0.15, 0.2) is 0 Å². The van der Waals surface area contributed by atoms with Gasteiger partial charge in [-0.1, -0.05) is 18.2 Å². The molecular formula is C16H18FNO. The molecule has 0 saturated heterocycles. The van der Waals surface area contributed by atoms with Crippen molar-refractivity contribution in [1.82, 2.24) is 0 Å². The van der Waals surface area contributed by atoms with E-state index in [4.69, 9.17) is 4.74 Å². The number of halogens is 1. The van der Waals surface area contributed by atoms with Crippen LogP contribution in [0.2, 0.25) is 0 Å². The molecule has 0 amide bonds. The molecule has 0 radical (unpaired) electrons. The molecule has 0 unspecified atom stereocenters. The summed E-state index contributed by atoms with van der Waals surface area (Å²) < 4.78 is 18.7. The van der Waals surface area contributed by atoms with Crippen LogP contribution < -0.4 is 10.1 Å². The van der Waals surface area contributed by atoms with Gasteiger partial charge in [-0.2, -0.15) is 0 Å². The van der Waals surface area contributed by atoms with Gasteiger partial charge in [0.1, 0.15) is 11.6 Å². The van der Waals surface area contributed by atoms with Crippen molar-refractivity contribution in [3.63, 3.8) is 0 Å². The third-order valence-corrected chi connectivity index (χ3v) is 3.23. The van der Waals surface area contributed by atoms with Gasteiger partial charge in [-0.15, -0.1) is 0 Å². The van der Waals surface area contributed by atoms with Crippen LogP contribution in [-0.2, 0) is 6.54 Å². The minimum Gasteiger partial charge on any atom is -0.497 e. The quantitative estimate of drug-likeness (QED) is 0.894. The summed E-state index contributed by atoms with van der Waals surface area (Å²) in [5, 5.41) is 3.10. The van der Waals surface area contributed by atoms with Gasteiger partial charge in [-0.25, -0.2) is 4.39 Å². The maximum absolute atomic E-state index is 13.6. The van der Waals surface area contributed by atoms with Crippen LogP contribution in [0, 0.1) is 19.7 Å². The van der Waals surface area contributed by atoms with E-state index in [1.54, 1.807) is 19.2 Å². The summed E-state index contributed by atoms with van der Waals surface area (Å²) in [4.78, 5) is 0. The second-order valence-electron chi connectivity index (χ2n) is 4.62. The monoisotopic (exact) mass is 259 g/mol. The molecule has 0 spiro atoms. The predicted octanol–water partition coefficient (Wildman–Crippen LogP) is 4.06. The molecule has 0 aromatic heterocycles. The second-order valence-corrected chi connectivity index (χ2v) is 4.62. The molecule has 0 aliphatic heterocycles. The summed E-state index contributed by atoms with van der Waals surface area (Å²) in [5.41, 5.74) is 4.09. The summed E-state index contributed by atoms with van der Waals surface area (Å²) in [5.74, 6) is 0.369. The topological polar surface area (TPSA) is 21.3 Å². The van der Waals surface area contributed by atoms with Crippen LogP contribution in [0.5, 0.6) is 5.75 Å². The van der Waals surface area contributed by atoms with Crippen molar-refractivity contribution in [2.24, 2.45) is 0 Å². The Morgan fingerprint density at radius 3 is 2.53 bits per heavy atom. The molecule has 0 aliphatic carbocycles. The van der Waals surface area contributed by atoms with Gasteiger partial charge in [0.25, 0.3) is 0 Å². The summed E-state index contributed by atoms with van der Waals surface area (Å²) in [6.07, 6.45) is 0. The molecule has 1 N–H and O–H groups in total. The van der Waals surface area contributed by atoms with Crippen LogP contribution in [0.4, 0.5) is 10.1 Å². The zero-order valence-corrected chi connectivity index (χ0v) is 11.5. The highest BCUT2D eigenvalue weighted by Crippen LogP contribution is 2.22. The van der Waals surface area contributed by atoms with Crippen LogP contribution in [0.25, 0.3) is 0 Å². The molecule has 0 aliphatic rings. The van der Waals surface area contributed by atoms with Gasteiger partial charge >= 0.3 is 0 Å². The summed E-state index contributed by atoms with van der Waals surface area (Å²) >= 11 is 0. The Labute approximate surface area is 113 Å². The largest absolute Gasteiger partial charge is 0.497 e. The van der Waals surface area contributed by atoms with E-state index in [1.165, 1.54) is 17.2 Å². The molecule has 2 aromatic rings. The van der Waals surface area contributed by atoms with Gasteiger partial charge < -0.3 is 10.1 Å². The van der Waals surface area contributed by atoms with Gasteiger partial charge in [-0.3, -0.25) is 0 Å². The highest BCUT2D eigenvalue weighted by Gasteiger charge is 2.04. The molecule has 0 bridgehead atoms. The first-order chi connectivity index (χ1) is 9.10. The van der Waals surface area contributed by atoms with Crippen molar-refractivity contribution in [2.75, 3.05) is 12.4 Å². The first kappa shape index (κ1) is 13.4. The first-order valence-corrected chi connectivity index (χ1v) is 6.23. The van der Waals surface area contributed by atoms with E-state index in [0.717, 1.165) is 5.56 Å². The normalized spacial score (nSPS) is 10.3. The fourth-order valence-electron chi connectivity index (χ4n) is 1.88. The van der Waals surface area contributed by atoms with Crippen molar-refractivity contribution in [2.45, 2.75) is 20.4 Å². The lowest BCUT2D eigenvalue weighted by molar-refractivity contribution is 0.414. The van der Waals surface area contributed by atoms with Crippen molar-refractivity contribution >= 4 is 5.69 Å². The van der Waals surface area contributed by atoms with Crippen molar-refractivity contribution in [3.05, 3.63) is 58.9 Å². The Kier molecular flexibility index (Phi) is 4.05. The molecule has 2 aromatic carbocycles. The fraction of sp³-hybridized carbons (Fsp3) is 0.250. The molecule has 2 nitrogen and oxygen atoms in total. The standard InChI is InChI=1S/C16H18FNO/c1-11-4-5-13(8-12(11)2)10-18-16-9-14(19-3)6-7-15(16)17/h4-9,18H,10H2,1-3H3. The second kappa shape index (κ2) is 5.74. The maximum atomic E-state index is 13.6. The summed E-state index contributed by atoms with van der Waals surface area (Å²) in [6.45, 7) is 4.74. The molecule has 0 saturated carbocycles. The average molecular weight is 259 g/mol. The molecule has 3 heteroatoms. The molecule has 0 atom stereocenters. The molecule has 100 valence electrons. The summed E-state index contributed by atoms with van der Waals surface area (Å²) in [7, 11) is 1.57. The van der Waals surface area contributed by atoms with Gasteiger partial charge in [-0.05, 0) is 42.7 Å². The molecule has 0 fully saturated rings. The Balaban J connectivity index is 2.11. The van der Waals surface area contributed by atoms with E-state index in [9.17, 15) is 4.39 Å². The van der Waals surface area contributed by atoms with Crippen LogP contribution in [0.3, 0.4) is 0 Å². The number of ether oxygens (including phenoxy) is 1. The number of anilines is 1. The number of hydrogen-bond donors (Lipinski definition) is 1. The van der Waals surface area contributed by atoms with Crippen molar-refractivity contribution < 1.29 is 9.13 Å². The van der Waals surface area contributed by atoms with E-state index in [1.807, 2.05) is 6.07 Å². The minimum absolute atomic E-state index is 0.273. The van der Waals surface area contributed by atoms with E-state index in [0.29, 0.717) is 18.0 Å². The van der Waals surface area contributed by atoms with E-state index in [2.05, 4.69) is 31.3 Å². The zero-order valence-electron chi connectivity index (χ0n) is 11.5. The number of hydrogen-bond acceptors (Lipinski definition) is 2. The Bertz CT molecular complexity index is 581. The van der Waals surface area contributed by atoms with Crippen LogP contribution in [0.1, 0.15) is 16.7 Å². The third kappa shape index (κ3) is 3.25. The smallest absolute Gasteiger partial charge is 0.146 e. The zero-order chi connectivity index (χ0) is 13.8. The van der Waals surface area contributed by atoms with Crippen LogP contribution in [-0.4, -0.2) is 7.11 Å². The minimum atomic E-state index is -0.273. The van der Waals surface area contributed by atoms with Crippen LogP contribution >= 0.6 is 0 Å². The Morgan fingerprint density at radius 2 is 1.84 bits per heavy atom. The number of nitrogens with one attached hydrogen (secondary N) is 1. The van der Waals surface area contributed by atoms with E-state index in [-0.39, 0.29) is 5.82 Å². The number of benzene rings is 2.